The van der Waals surface area contributed by atoms with Gasteiger partial charge in [0.15, 0.2) is 0 Å². The molecule has 0 aliphatic carbocycles. The highest BCUT2D eigenvalue weighted by Gasteiger charge is 2.32. The van der Waals surface area contributed by atoms with Gasteiger partial charge >= 0.3 is 5.97 Å². The molecule has 0 saturated carbocycles. The van der Waals surface area contributed by atoms with Gasteiger partial charge in [-0.25, -0.2) is 4.79 Å². The Morgan fingerprint density at radius 3 is 2.54 bits per heavy atom. The van der Waals surface area contributed by atoms with Crippen molar-refractivity contribution in [1.82, 2.24) is 0 Å². The number of benzene rings is 3. The largest absolute Gasteiger partial charge is 0.449 e. The second-order valence-corrected chi connectivity index (χ2v) is 8.93. The molecule has 0 amide bonds. The fourth-order valence-electron chi connectivity index (χ4n) is 4.35. The molecule has 1 atom stereocenters. The van der Waals surface area contributed by atoms with Crippen LogP contribution in [0.5, 0.6) is 11.5 Å². The number of nitrogens with zero attached hydrogens (tertiary/aromatic N) is 1. The summed E-state index contributed by atoms with van der Waals surface area (Å²) in [5, 5.41) is 11.1. The van der Waals surface area contributed by atoms with Crippen LogP contribution in [-0.2, 0) is 0 Å². The molecule has 0 radical (unpaired) electrons. The molecular formula is C28H21ClN2O4. The number of carbonyl (C=O) groups is 1. The third kappa shape index (κ3) is 3.80. The van der Waals surface area contributed by atoms with Gasteiger partial charge in [0.1, 0.15) is 28.7 Å². The molecule has 1 unspecified atom stereocenters. The lowest BCUT2D eigenvalue weighted by Gasteiger charge is -2.27. The summed E-state index contributed by atoms with van der Waals surface area (Å²) >= 11 is 6.44. The Morgan fingerprint density at radius 1 is 1.06 bits per heavy atom. The number of rotatable bonds is 3. The summed E-state index contributed by atoms with van der Waals surface area (Å²) in [6.07, 6.45) is 0. The number of hydrogen-bond donors (Lipinski definition) is 1. The van der Waals surface area contributed by atoms with E-state index < -0.39 is 11.9 Å². The highest BCUT2D eigenvalue weighted by atomic mass is 35.5. The lowest BCUT2D eigenvalue weighted by atomic mass is 9.83. The number of ether oxygens (including phenoxy) is 2. The van der Waals surface area contributed by atoms with Gasteiger partial charge in [0.25, 0.3) is 0 Å². The lowest BCUT2D eigenvalue weighted by molar-refractivity contribution is 0.0702. The van der Waals surface area contributed by atoms with Crippen LogP contribution in [0.3, 0.4) is 0 Å². The van der Waals surface area contributed by atoms with E-state index >= 15 is 0 Å². The smallest absolute Gasteiger partial charge is 0.379 e. The molecule has 0 fully saturated rings. The molecule has 2 heterocycles. The van der Waals surface area contributed by atoms with Crippen molar-refractivity contribution in [3.63, 3.8) is 0 Å². The van der Waals surface area contributed by atoms with Crippen LogP contribution in [0.25, 0.3) is 11.0 Å². The highest BCUT2D eigenvalue weighted by molar-refractivity contribution is 6.31. The fourth-order valence-corrected chi connectivity index (χ4v) is 4.60. The van der Waals surface area contributed by atoms with Crippen molar-refractivity contribution in [2.45, 2.75) is 26.7 Å². The predicted molar refractivity (Wildman–Crippen MR) is 133 cm³/mol. The third-order valence-electron chi connectivity index (χ3n) is 6.36. The zero-order valence-corrected chi connectivity index (χ0v) is 20.1. The summed E-state index contributed by atoms with van der Waals surface area (Å²) in [6.45, 7) is 5.84. The van der Waals surface area contributed by atoms with E-state index in [9.17, 15) is 10.1 Å². The average molecular weight is 485 g/mol. The van der Waals surface area contributed by atoms with E-state index in [1.807, 2.05) is 51.1 Å². The Hall–Kier alpha value is -4.21. The number of nitrogens with two attached hydrogens (primary N) is 1. The first-order valence-corrected chi connectivity index (χ1v) is 11.3. The Morgan fingerprint density at radius 2 is 1.80 bits per heavy atom. The minimum absolute atomic E-state index is 0.0211. The molecule has 1 aliphatic rings. The van der Waals surface area contributed by atoms with E-state index in [0.717, 1.165) is 22.1 Å². The molecular weight excluding hydrogens is 464 g/mol. The average Bonchev–Trinajstić information content (AvgIpc) is 3.14. The van der Waals surface area contributed by atoms with Crippen molar-refractivity contribution >= 4 is 28.5 Å². The predicted octanol–water partition coefficient (Wildman–Crippen LogP) is 6.45. The summed E-state index contributed by atoms with van der Waals surface area (Å²) in [6, 6.07) is 18.3. The van der Waals surface area contributed by atoms with E-state index in [0.29, 0.717) is 27.5 Å². The topological polar surface area (TPSA) is 98.5 Å². The maximum Gasteiger partial charge on any atom is 0.379 e. The second kappa shape index (κ2) is 8.53. The number of fused-ring (bicyclic) bond motifs is 2. The van der Waals surface area contributed by atoms with Gasteiger partial charge in [-0.2, -0.15) is 5.26 Å². The van der Waals surface area contributed by atoms with Crippen molar-refractivity contribution in [1.29, 1.82) is 5.26 Å². The molecule has 0 bridgehead atoms. The Labute approximate surface area is 207 Å². The van der Waals surface area contributed by atoms with E-state index in [1.54, 1.807) is 24.3 Å². The highest BCUT2D eigenvalue weighted by Crippen LogP contribution is 2.45. The number of nitriles is 1. The zero-order valence-electron chi connectivity index (χ0n) is 19.3. The van der Waals surface area contributed by atoms with Crippen LogP contribution in [0.4, 0.5) is 0 Å². The van der Waals surface area contributed by atoms with Crippen LogP contribution in [0.15, 0.2) is 70.5 Å². The molecule has 1 aromatic heterocycles. The quantitative estimate of drug-likeness (QED) is 0.265. The van der Waals surface area contributed by atoms with Crippen molar-refractivity contribution in [2.75, 3.05) is 0 Å². The maximum absolute atomic E-state index is 13.0. The van der Waals surface area contributed by atoms with Crippen LogP contribution in [0.1, 0.15) is 44.3 Å². The summed E-state index contributed by atoms with van der Waals surface area (Å²) in [5.41, 5.74) is 11.3. The van der Waals surface area contributed by atoms with Crippen molar-refractivity contribution in [3.05, 3.63) is 105 Å². The van der Waals surface area contributed by atoms with Crippen molar-refractivity contribution in [3.8, 4) is 17.6 Å². The third-order valence-corrected chi connectivity index (χ3v) is 6.70. The number of hydrogen-bond acceptors (Lipinski definition) is 6. The van der Waals surface area contributed by atoms with Gasteiger partial charge in [0.05, 0.1) is 5.92 Å². The number of carbonyl (C=O) groups excluding carboxylic acids is 1. The molecule has 0 spiro atoms. The number of aryl methyl sites for hydroxylation is 3. The molecule has 5 rings (SSSR count). The number of halogens is 1. The van der Waals surface area contributed by atoms with Gasteiger partial charge in [0, 0.05) is 27.6 Å². The van der Waals surface area contributed by atoms with Crippen LogP contribution in [-0.4, -0.2) is 5.97 Å². The minimum atomic E-state index is -0.617. The first-order valence-electron chi connectivity index (χ1n) is 11.0. The van der Waals surface area contributed by atoms with Crippen LogP contribution >= 0.6 is 11.6 Å². The molecule has 6 nitrogen and oxygen atoms in total. The molecule has 4 aromatic rings. The normalized spacial score (nSPS) is 14.9. The Bertz CT molecular complexity index is 1590. The van der Waals surface area contributed by atoms with Gasteiger partial charge in [-0.3, -0.25) is 0 Å². The van der Waals surface area contributed by atoms with E-state index in [1.165, 1.54) is 0 Å². The number of esters is 1. The van der Waals surface area contributed by atoms with Gasteiger partial charge in [-0.1, -0.05) is 35.9 Å². The number of allylic oxidation sites excluding steroid dienone is 1. The van der Waals surface area contributed by atoms with Gasteiger partial charge in [0.2, 0.25) is 11.6 Å². The van der Waals surface area contributed by atoms with E-state index in [4.69, 9.17) is 31.2 Å². The lowest BCUT2D eigenvalue weighted by Crippen LogP contribution is -2.21. The van der Waals surface area contributed by atoms with E-state index in [-0.39, 0.29) is 23.0 Å². The Kier molecular flexibility index (Phi) is 5.50. The molecule has 2 N–H and O–H groups in total. The maximum atomic E-state index is 13.0. The minimum Gasteiger partial charge on any atom is -0.449 e. The first kappa shape index (κ1) is 22.6. The van der Waals surface area contributed by atoms with Crippen molar-refractivity contribution < 1.29 is 18.7 Å². The first-order chi connectivity index (χ1) is 16.8. The standard InChI is InChI=1S/C28H21ClN2O4/c1-14-10-20-16(3)26(34-23(20)11-15(14)2)28(32)33-17-8-9-19-24(12-17)35-27(31)21(13-30)25(19)18-6-4-5-7-22(18)29/h4-12,25H,31H2,1-3H3. The molecule has 35 heavy (non-hydrogen) atoms. The van der Waals surface area contributed by atoms with Crippen LogP contribution in [0, 0.1) is 32.1 Å². The fraction of sp³-hybridized carbons (Fsp3) is 0.143. The molecule has 174 valence electrons. The van der Waals surface area contributed by atoms with Crippen LogP contribution in [0.2, 0.25) is 5.02 Å². The van der Waals surface area contributed by atoms with Gasteiger partial charge in [-0.05, 0) is 61.7 Å². The molecule has 3 aromatic carbocycles. The van der Waals surface area contributed by atoms with E-state index in [2.05, 4.69) is 6.07 Å². The molecule has 0 saturated heterocycles. The summed E-state index contributed by atoms with van der Waals surface area (Å²) in [4.78, 5) is 13.0. The molecule has 7 heteroatoms. The summed E-state index contributed by atoms with van der Waals surface area (Å²) < 4.78 is 17.2. The summed E-state index contributed by atoms with van der Waals surface area (Å²) in [7, 11) is 0. The summed E-state index contributed by atoms with van der Waals surface area (Å²) in [5.74, 6) is -0.368. The van der Waals surface area contributed by atoms with Crippen molar-refractivity contribution in [2.24, 2.45) is 5.73 Å². The van der Waals surface area contributed by atoms with Gasteiger partial charge in [-0.15, -0.1) is 0 Å². The SMILES string of the molecule is Cc1cc2oc(C(=O)Oc3ccc4c(c3)OC(N)=C(C#N)C4c3ccccc3Cl)c(C)c2cc1C. The zero-order chi connectivity index (χ0) is 24.9. The second-order valence-electron chi connectivity index (χ2n) is 8.52. The molecule has 1 aliphatic heterocycles. The Balaban J connectivity index is 1.50. The van der Waals surface area contributed by atoms with Gasteiger partial charge < -0.3 is 19.6 Å². The number of furan rings is 1. The monoisotopic (exact) mass is 484 g/mol. The van der Waals surface area contributed by atoms with Crippen LogP contribution < -0.4 is 15.2 Å².